The highest BCUT2D eigenvalue weighted by molar-refractivity contribution is 5.17. The van der Waals surface area contributed by atoms with Gasteiger partial charge in [0.1, 0.15) is 0 Å². The van der Waals surface area contributed by atoms with Crippen molar-refractivity contribution in [1.82, 2.24) is 5.32 Å². The molecule has 0 rings (SSSR count). The Morgan fingerprint density at radius 3 is 2.25 bits per heavy atom. The van der Waals surface area contributed by atoms with Crippen molar-refractivity contribution in [2.24, 2.45) is 0 Å². The third-order valence-corrected chi connectivity index (χ3v) is 1.29. The van der Waals surface area contributed by atoms with Gasteiger partial charge in [-0.05, 0) is 40.2 Å². The van der Waals surface area contributed by atoms with Crippen molar-refractivity contribution in [2.75, 3.05) is 0 Å². The van der Waals surface area contributed by atoms with Crippen molar-refractivity contribution in [1.29, 1.82) is 0 Å². The highest BCUT2D eigenvalue weighted by Gasteiger charge is 2.08. The molecule has 70 valence electrons. The summed E-state index contributed by atoms with van der Waals surface area (Å²) in [6.07, 6.45) is 7.43. The molecule has 0 saturated carbocycles. The third kappa shape index (κ3) is 6.02. The van der Waals surface area contributed by atoms with Gasteiger partial charge in [-0.2, -0.15) is 0 Å². The molecule has 1 N–H and O–H groups in total. The molecule has 0 aromatic heterocycles. The lowest BCUT2D eigenvalue weighted by Gasteiger charge is -2.22. The van der Waals surface area contributed by atoms with Crippen LogP contribution in [0.25, 0.3) is 0 Å². The molecule has 0 spiro atoms. The Morgan fingerprint density at radius 2 is 1.92 bits per heavy atom. The van der Waals surface area contributed by atoms with E-state index in [2.05, 4.69) is 51.2 Å². The maximum atomic E-state index is 3.43. The quantitative estimate of drug-likeness (QED) is 0.636. The van der Waals surface area contributed by atoms with Crippen molar-refractivity contribution >= 4 is 0 Å². The van der Waals surface area contributed by atoms with E-state index in [1.54, 1.807) is 0 Å². The summed E-state index contributed by atoms with van der Waals surface area (Å²) in [6, 6.07) is 0. The van der Waals surface area contributed by atoms with Crippen LogP contribution in [0, 0.1) is 0 Å². The second-order valence-corrected chi connectivity index (χ2v) is 3.94. The van der Waals surface area contributed by atoms with E-state index >= 15 is 0 Å². The first kappa shape index (κ1) is 11.3. The van der Waals surface area contributed by atoms with Crippen LogP contribution in [0.4, 0.5) is 0 Å². The number of nitrogens with one attached hydrogen (secondary N) is 1. The van der Waals surface area contributed by atoms with Gasteiger partial charge < -0.3 is 5.32 Å². The minimum Gasteiger partial charge on any atom is -0.381 e. The molecule has 1 nitrogen and oxygen atoms in total. The van der Waals surface area contributed by atoms with E-state index in [1.165, 1.54) is 5.70 Å². The first-order valence-electron chi connectivity index (χ1n) is 4.60. The van der Waals surface area contributed by atoms with Crippen LogP contribution < -0.4 is 5.32 Å². The van der Waals surface area contributed by atoms with Crippen molar-refractivity contribution in [3.05, 3.63) is 23.9 Å². The Bertz CT molecular complexity index is 170. The van der Waals surface area contributed by atoms with Crippen molar-refractivity contribution < 1.29 is 0 Å². The summed E-state index contributed by atoms with van der Waals surface area (Å²) < 4.78 is 0. The monoisotopic (exact) mass is 167 g/mol. The molecule has 0 radical (unpaired) electrons. The molecule has 0 fully saturated rings. The SMILES string of the molecule is C/C=C\C(=C/CC)NC(C)(C)C. The molecule has 0 aliphatic heterocycles. The zero-order valence-corrected chi connectivity index (χ0v) is 8.94. The fraction of sp³-hybridized carbons (Fsp3) is 0.636. The molecule has 0 heterocycles. The van der Waals surface area contributed by atoms with Crippen LogP contribution in [0.15, 0.2) is 23.9 Å². The van der Waals surface area contributed by atoms with Crippen molar-refractivity contribution in [2.45, 2.75) is 46.6 Å². The number of rotatable bonds is 3. The Kier molecular flexibility index (Phi) is 4.72. The van der Waals surface area contributed by atoms with Crippen molar-refractivity contribution in [3.63, 3.8) is 0 Å². The molecule has 0 unspecified atom stereocenters. The molecule has 12 heavy (non-hydrogen) atoms. The lowest BCUT2D eigenvalue weighted by Crippen LogP contribution is -2.34. The molecule has 0 amide bonds. The summed E-state index contributed by atoms with van der Waals surface area (Å²) in [5, 5.41) is 3.43. The van der Waals surface area contributed by atoms with Gasteiger partial charge in [0.05, 0.1) is 0 Å². The highest BCUT2D eigenvalue weighted by atomic mass is 15.0. The molecule has 0 aromatic carbocycles. The van der Waals surface area contributed by atoms with Crippen LogP contribution >= 0.6 is 0 Å². The molecular weight excluding hydrogens is 146 g/mol. The first-order valence-corrected chi connectivity index (χ1v) is 4.60. The van der Waals surface area contributed by atoms with Gasteiger partial charge in [-0.25, -0.2) is 0 Å². The molecule has 1 heteroatoms. The van der Waals surface area contributed by atoms with E-state index in [0.717, 1.165) is 6.42 Å². The molecule has 0 bridgehead atoms. The van der Waals surface area contributed by atoms with Gasteiger partial charge in [-0.3, -0.25) is 0 Å². The normalized spacial score (nSPS) is 13.9. The number of hydrogen-bond acceptors (Lipinski definition) is 1. The van der Waals surface area contributed by atoms with Gasteiger partial charge in [0.15, 0.2) is 0 Å². The van der Waals surface area contributed by atoms with E-state index in [0.29, 0.717) is 0 Å². The molecular formula is C11H21N. The smallest absolute Gasteiger partial charge is 0.0300 e. The second-order valence-electron chi connectivity index (χ2n) is 3.94. The largest absolute Gasteiger partial charge is 0.381 e. The van der Waals surface area contributed by atoms with Gasteiger partial charge in [0.25, 0.3) is 0 Å². The topological polar surface area (TPSA) is 12.0 Å². The van der Waals surface area contributed by atoms with Crippen LogP contribution in [0.5, 0.6) is 0 Å². The minimum atomic E-state index is 0.153. The summed E-state index contributed by atoms with van der Waals surface area (Å²) in [5.41, 5.74) is 1.37. The molecule has 0 aliphatic carbocycles. The number of hydrogen-bond donors (Lipinski definition) is 1. The fourth-order valence-electron chi connectivity index (χ4n) is 0.993. The molecule has 0 aliphatic rings. The standard InChI is InChI=1S/C11H21N/c1-6-8-10(9-7-2)12-11(3,4)5/h6,8-9,12H,7H2,1-5H3/b8-6-,10-9+. The highest BCUT2D eigenvalue weighted by Crippen LogP contribution is 2.05. The average molecular weight is 167 g/mol. The van der Waals surface area contributed by atoms with E-state index in [9.17, 15) is 0 Å². The zero-order chi connectivity index (χ0) is 9.61. The van der Waals surface area contributed by atoms with Gasteiger partial charge >= 0.3 is 0 Å². The van der Waals surface area contributed by atoms with E-state index in [-0.39, 0.29) is 5.54 Å². The van der Waals surface area contributed by atoms with Gasteiger partial charge in [-0.1, -0.05) is 19.1 Å². The summed E-state index contributed by atoms with van der Waals surface area (Å²) in [5.74, 6) is 0. The van der Waals surface area contributed by atoms with E-state index in [4.69, 9.17) is 0 Å². The van der Waals surface area contributed by atoms with Crippen LogP contribution in [-0.4, -0.2) is 5.54 Å². The lowest BCUT2D eigenvalue weighted by molar-refractivity contribution is 0.478. The number of allylic oxidation sites excluding steroid dienone is 3. The molecule has 0 atom stereocenters. The Morgan fingerprint density at radius 1 is 1.33 bits per heavy atom. The summed E-state index contributed by atoms with van der Waals surface area (Å²) in [6.45, 7) is 10.7. The Hall–Kier alpha value is -0.720. The predicted molar refractivity (Wildman–Crippen MR) is 56.1 cm³/mol. The molecule has 0 aromatic rings. The summed E-state index contributed by atoms with van der Waals surface area (Å²) >= 11 is 0. The Balaban J connectivity index is 4.25. The first-order chi connectivity index (χ1) is 5.49. The van der Waals surface area contributed by atoms with Gasteiger partial charge in [-0.15, -0.1) is 0 Å². The lowest BCUT2D eigenvalue weighted by atomic mass is 10.1. The van der Waals surface area contributed by atoms with Crippen molar-refractivity contribution in [3.8, 4) is 0 Å². The van der Waals surface area contributed by atoms with Crippen LogP contribution in [-0.2, 0) is 0 Å². The Labute approximate surface area is 76.6 Å². The van der Waals surface area contributed by atoms with Crippen LogP contribution in [0.2, 0.25) is 0 Å². The van der Waals surface area contributed by atoms with Crippen LogP contribution in [0.3, 0.4) is 0 Å². The van der Waals surface area contributed by atoms with Crippen LogP contribution in [0.1, 0.15) is 41.0 Å². The second kappa shape index (κ2) is 5.02. The predicted octanol–water partition coefficient (Wildman–Crippen LogP) is 3.24. The maximum absolute atomic E-state index is 3.43. The third-order valence-electron chi connectivity index (χ3n) is 1.29. The summed E-state index contributed by atoms with van der Waals surface area (Å²) in [7, 11) is 0. The maximum Gasteiger partial charge on any atom is 0.0300 e. The van der Waals surface area contributed by atoms with Gasteiger partial charge in [0.2, 0.25) is 0 Å². The molecule has 0 saturated heterocycles. The van der Waals surface area contributed by atoms with Gasteiger partial charge in [0, 0.05) is 11.2 Å². The fourth-order valence-corrected chi connectivity index (χ4v) is 0.993. The zero-order valence-electron chi connectivity index (χ0n) is 8.94. The minimum absolute atomic E-state index is 0.153. The average Bonchev–Trinajstić information content (AvgIpc) is 1.84. The summed E-state index contributed by atoms with van der Waals surface area (Å²) in [4.78, 5) is 0. The van der Waals surface area contributed by atoms with E-state index in [1.807, 2.05) is 6.92 Å². The van der Waals surface area contributed by atoms with E-state index < -0.39 is 0 Å².